The Balaban J connectivity index is 0.00000242. The number of nitrogens with zero attached hydrogens (tertiary/aromatic N) is 1. The van der Waals surface area contributed by atoms with E-state index >= 15 is 0 Å². The van der Waals surface area contributed by atoms with Gasteiger partial charge in [0.05, 0.1) is 7.11 Å². The summed E-state index contributed by atoms with van der Waals surface area (Å²) in [7, 11) is 1.64. The number of thiol groups is 1. The van der Waals surface area contributed by atoms with Crippen LogP contribution in [0.1, 0.15) is 18.4 Å². The molecule has 0 aliphatic carbocycles. The molecule has 2 aromatic carbocycles. The predicted molar refractivity (Wildman–Crippen MR) is 91.1 cm³/mol. The van der Waals surface area contributed by atoms with Crippen molar-refractivity contribution in [2.75, 3.05) is 7.11 Å². The Morgan fingerprint density at radius 1 is 1.27 bits per heavy atom. The van der Waals surface area contributed by atoms with E-state index in [1.54, 1.807) is 14.0 Å². The average Bonchev–Trinajstić information content (AvgIpc) is 2.50. The largest absolute Gasteiger partial charge is 1.00 e. The summed E-state index contributed by atoms with van der Waals surface area (Å²) < 4.78 is 5.36. The Bertz CT molecular complexity index is 707. The first-order valence-corrected chi connectivity index (χ1v) is 7.18. The molecule has 0 aliphatic rings. The van der Waals surface area contributed by atoms with Gasteiger partial charge in [-0.3, -0.25) is 5.43 Å². The predicted octanol–water partition coefficient (Wildman–Crippen LogP) is -0.566. The van der Waals surface area contributed by atoms with E-state index in [4.69, 9.17) is 17.0 Å². The van der Waals surface area contributed by atoms with Gasteiger partial charge in [0.15, 0.2) is 4.32 Å². The minimum atomic E-state index is -0.355. The third-order valence-corrected chi connectivity index (χ3v) is 3.39. The SMILES string of the molecule is COc1ccc2cc(C(C)/C([O-])=N/NC(=S)S)ccc2c1.[K+]. The van der Waals surface area contributed by atoms with E-state index in [-0.39, 0.29) is 67.5 Å². The summed E-state index contributed by atoms with van der Waals surface area (Å²) in [5.74, 6) is 0.159. The van der Waals surface area contributed by atoms with Crippen molar-refractivity contribution in [1.82, 2.24) is 5.43 Å². The standard InChI is InChI=1S/C15H16N2O2S2.K/c1-9(14(18)16-17-15(20)21)10-3-4-12-8-13(19-2)6-5-11(12)7-10;/h3-9H,1-2H3,(H,16,18)(H2,17,20,21);/q;+1/p-1. The van der Waals surface area contributed by atoms with Crippen LogP contribution >= 0.6 is 24.8 Å². The maximum Gasteiger partial charge on any atom is 1.00 e. The second kappa shape index (κ2) is 9.22. The number of nitrogens with one attached hydrogen (secondary N) is 1. The van der Waals surface area contributed by atoms with Crippen LogP contribution in [-0.2, 0) is 0 Å². The van der Waals surface area contributed by atoms with Gasteiger partial charge in [-0.05, 0) is 34.4 Å². The number of rotatable bonds is 4. The quantitative estimate of drug-likeness (QED) is 0.192. The van der Waals surface area contributed by atoms with Crippen LogP contribution in [0, 0.1) is 0 Å². The molecule has 0 heterocycles. The number of fused-ring (bicyclic) bond motifs is 1. The van der Waals surface area contributed by atoms with Crippen LogP contribution in [0.3, 0.4) is 0 Å². The van der Waals surface area contributed by atoms with Crippen LogP contribution in [0.15, 0.2) is 41.5 Å². The molecule has 110 valence electrons. The fourth-order valence-electron chi connectivity index (χ4n) is 1.98. The number of hydrogen-bond acceptors (Lipinski definition) is 4. The van der Waals surface area contributed by atoms with Crippen molar-refractivity contribution in [2.45, 2.75) is 12.8 Å². The van der Waals surface area contributed by atoms with Crippen LogP contribution in [0.4, 0.5) is 0 Å². The first kappa shape index (κ1) is 19.9. The van der Waals surface area contributed by atoms with Gasteiger partial charge in [0.1, 0.15) is 5.75 Å². The molecule has 2 rings (SSSR count). The van der Waals surface area contributed by atoms with E-state index < -0.39 is 0 Å². The molecule has 1 N–H and O–H groups in total. The number of methoxy groups -OCH3 is 1. The number of hydrazone groups is 1. The van der Waals surface area contributed by atoms with Crippen LogP contribution in [0.25, 0.3) is 10.8 Å². The molecular formula is C15H15KN2O2S2. The summed E-state index contributed by atoms with van der Waals surface area (Å²) in [4.78, 5) is 0. The summed E-state index contributed by atoms with van der Waals surface area (Å²) in [6.07, 6.45) is 0. The van der Waals surface area contributed by atoms with Crippen molar-refractivity contribution >= 4 is 45.8 Å². The molecule has 0 spiro atoms. The van der Waals surface area contributed by atoms with E-state index in [1.165, 1.54) is 0 Å². The molecule has 0 fully saturated rings. The number of hydrogen-bond donors (Lipinski definition) is 2. The Kier molecular flexibility index (Phi) is 8.33. The van der Waals surface area contributed by atoms with Gasteiger partial charge >= 0.3 is 51.4 Å². The zero-order valence-corrected chi connectivity index (χ0v) is 17.5. The summed E-state index contributed by atoms with van der Waals surface area (Å²) >= 11 is 8.56. The Morgan fingerprint density at radius 2 is 1.91 bits per heavy atom. The van der Waals surface area contributed by atoms with E-state index in [1.807, 2.05) is 36.4 Å². The number of thiocarbonyl (C=S) groups is 1. The Hall–Kier alpha value is -0.154. The molecule has 0 saturated heterocycles. The minimum Gasteiger partial charge on any atom is -0.860 e. The zero-order valence-electron chi connectivity index (χ0n) is 12.7. The normalized spacial score (nSPS) is 12.4. The smallest absolute Gasteiger partial charge is 0.860 e. The van der Waals surface area contributed by atoms with Gasteiger partial charge in [-0.1, -0.05) is 43.4 Å². The summed E-state index contributed by atoms with van der Waals surface area (Å²) in [5, 5.41) is 17.7. The van der Waals surface area contributed by atoms with Gasteiger partial charge in [-0.15, -0.1) is 12.6 Å². The van der Waals surface area contributed by atoms with E-state index in [9.17, 15) is 5.11 Å². The van der Waals surface area contributed by atoms with E-state index in [0.717, 1.165) is 22.1 Å². The molecular weight excluding hydrogens is 343 g/mol. The maximum atomic E-state index is 11.9. The van der Waals surface area contributed by atoms with Gasteiger partial charge in [0.2, 0.25) is 0 Å². The fraction of sp³-hybridized carbons (Fsp3) is 0.200. The molecule has 0 radical (unpaired) electrons. The molecule has 2 aromatic rings. The number of ether oxygens (including phenoxy) is 1. The molecule has 0 bridgehead atoms. The van der Waals surface area contributed by atoms with Crippen molar-refractivity contribution in [3.8, 4) is 5.75 Å². The third-order valence-electron chi connectivity index (χ3n) is 3.20. The van der Waals surface area contributed by atoms with Gasteiger partial charge in [-0.2, -0.15) is 5.10 Å². The summed E-state index contributed by atoms with van der Waals surface area (Å²) in [5.41, 5.74) is 3.30. The van der Waals surface area contributed by atoms with Crippen molar-refractivity contribution in [1.29, 1.82) is 0 Å². The molecule has 1 atom stereocenters. The van der Waals surface area contributed by atoms with Gasteiger partial charge in [0, 0.05) is 5.92 Å². The van der Waals surface area contributed by atoms with Crippen LogP contribution in [-0.4, -0.2) is 17.3 Å². The third kappa shape index (κ3) is 5.19. The van der Waals surface area contributed by atoms with Gasteiger partial charge < -0.3 is 9.84 Å². The first-order chi connectivity index (χ1) is 10.0. The Morgan fingerprint density at radius 3 is 2.55 bits per heavy atom. The van der Waals surface area contributed by atoms with Crippen molar-refractivity contribution in [2.24, 2.45) is 5.10 Å². The van der Waals surface area contributed by atoms with Crippen LogP contribution < -0.4 is 66.7 Å². The Labute approximate surface area is 183 Å². The van der Waals surface area contributed by atoms with Crippen LogP contribution in [0.5, 0.6) is 5.75 Å². The maximum absolute atomic E-state index is 11.9. The molecule has 0 saturated carbocycles. The molecule has 22 heavy (non-hydrogen) atoms. The minimum absolute atomic E-state index is 0. The number of benzene rings is 2. The van der Waals surface area contributed by atoms with Gasteiger partial charge in [-0.25, -0.2) is 0 Å². The zero-order chi connectivity index (χ0) is 15.4. The van der Waals surface area contributed by atoms with Gasteiger partial charge in [0.25, 0.3) is 0 Å². The second-order valence-corrected chi connectivity index (χ2v) is 5.72. The second-order valence-electron chi connectivity index (χ2n) is 4.56. The van der Waals surface area contributed by atoms with Crippen molar-refractivity contribution < 1.29 is 61.2 Å². The van der Waals surface area contributed by atoms with Crippen LogP contribution in [0.2, 0.25) is 0 Å². The molecule has 7 heteroatoms. The van der Waals surface area contributed by atoms with Crippen molar-refractivity contribution in [3.05, 3.63) is 42.0 Å². The average molecular weight is 359 g/mol. The van der Waals surface area contributed by atoms with E-state index in [2.05, 4.69) is 23.2 Å². The fourth-order valence-corrected chi connectivity index (χ4v) is 2.08. The molecule has 1 unspecified atom stereocenters. The molecule has 4 nitrogen and oxygen atoms in total. The van der Waals surface area contributed by atoms with Crippen molar-refractivity contribution in [3.63, 3.8) is 0 Å². The monoisotopic (exact) mass is 358 g/mol. The first-order valence-electron chi connectivity index (χ1n) is 6.32. The molecule has 0 aromatic heterocycles. The van der Waals surface area contributed by atoms with E-state index in [0.29, 0.717) is 0 Å². The summed E-state index contributed by atoms with van der Waals surface area (Å²) in [6, 6.07) is 11.7. The molecule has 0 amide bonds. The molecule has 0 aliphatic heterocycles. The topological polar surface area (TPSA) is 56.7 Å². The summed E-state index contributed by atoms with van der Waals surface area (Å²) in [6.45, 7) is 1.81.